The highest BCUT2D eigenvalue weighted by Gasteiger charge is 2.38. The summed E-state index contributed by atoms with van der Waals surface area (Å²) in [4.78, 5) is 16.5. The molecule has 0 aliphatic heterocycles. The Morgan fingerprint density at radius 2 is 1.86 bits per heavy atom. The van der Waals surface area contributed by atoms with Gasteiger partial charge in [0, 0.05) is 18.0 Å². The van der Waals surface area contributed by atoms with Crippen LogP contribution in [0.4, 0.5) is 26.3 Å². The second-order valence-corrected chi connectivity index (χ2v) is 6.90. The van der Waals surface area contributed by atoms with E-state index in [1.165, 1.54) is 12.3 Å². The van der Waals surface area contributed by atoms with Crippen LogP contribution in [-0.4, -0.2) is 31.8 Å². The van der Waals surface area contributed by atoms with E-state index in [-0.39, 0.29) is 17.1 Å². The fraction of sp³-hybridized carbons (Fsp3) is 0.389. The smallest absolute Gasteiger partial charge is 0.269 e. The van der Waals surface area contributed by atoms with Gasteiger partial charge in [-0.2, -0.15) is 18.3 Å². The molecule has 0 N–H and O–H groups in total. The topological polar surface area (TPSA) is 52.2 Å². The summed E-state index contributed by atoms with van der Waals surface area (Å²) in [5.74, 6) is 0.260. The molecule has 0 radical (unpaired) electrons. The first kappa shape index (κ1) is 19.5. The van der Waals surface area contributed by atoms with Crippen LogP contribution < -0.4 is 5.56 Å². The highest BCUT2D eigenvalue weighted by Crippen LogP contribution is 2.40. The van der Waals surface area contributed by atoms with E-state index in [1.807, 2.05) is 0 Å². The van der Waals surface area contributed by atoms with Gasteiger partial charge in [-0.1, -0.05) is 6.07 Å². The van der Waals surface area contributed by atoms with Crippen LogP contribution in [0, 0.1) is 0 Å². The molecule has 3 heterocycles. The number of fused-ring (bicyclic) bond motifs is 1. The molecule has 29 heavy (non-hydrogen) atoms. The lowest BCUT2D eigenvalue weighted by molar-refractivity contribution is -0.140. The summed E-state index contributed by atoms with van der Waals surface area (Å²) in [6.07, 6.45) is -5.58. The van der Waals surface area contributed by atoms with Crippen LogP contribution in [0.3, 0.4) is 0 Å². The Kier molecular flexibility index (Phi) is 4.62. The Morgan fingerprint density at radius 3 is 2.48 bits per heavy atom. The predicted molar refractivity (Wildman–Crippen MR) is 90.6 cm³/mol. The van der Waals surface area contributed by atoms with Crippen molar-refractivity contribution in [1.29, 1.82) is 0 Å². The van der Waals surface area contributed by atoms with E-state index >= 15 is 0 Å². The average Bonchev–Trinajstić information content (AvgIpc) is 3.40. The summed E-state index contributed by atoms with van der Waals surface area (Å²) in [6.45, 7) is -0.854. The molecule has 3 aromatic heterocycles. The molecular weight excluding hydrogens is 402 g/mol. The van der Waals surface area contributed by atoms with Gasteiger partial charge in [-0.25, -0.2) is 18.2 Å². The third-order valence-corrected chi connectivity index (χ3v) is 4.72. The summed E-state index contributed by atoms with van der Waals surface area (Å²) in [5.41, 5.74) is -2.75. The lowest BCUT2D eigenvalue weighted by atomic mass is 10.1. The number of halogens is 6. The predicted octanol–water partition coefficient (Wildman–Crippen LogP) is 4.06. The van der Waals surface area contributed by atoms with Crippen LogP contribution >= 0.6 is 0 Å². The van der Waals surface area contributed by atoms with Gasteiger partial charge in [-0.3, -0.25) is 13.9 Å². The maximum atomic E-state index is 13.6. The van der Waals surface area contributed by atoms with Gasteiger partial charge < -0.3 is 0 Å². The van der Waals surface area contributed by atoms with Gasteiger partial charge in [0.2, 0.25) is 0 Å². The minimum absolute atomic E-state index is 0.163. The monoisotopic (exact) mass is 416 g/mol. The van der Waals surface area contributed by atoms with E-state index in [1.54, 1.807) is 6.07 Å². The number of hydrogen-bond acceptors (Lipinski definition) is 3. The summed E-state index contributed by atoms with van der Waals surface area (Å²) in [6, 6.07) is 3.00. The normalized spacial score (nSPS) is 16.0. The fourth-order valence-corrected chi connectivity index (χ4v) is 3.13. The zero-order valence-electron chi connectivity index (χ0n) is 14.7. The molecule has 5 nitrogen and oxygen atoms in total. The molecule has 3 aromatic rings. The van der Waals surface area contributed by atoms with Crippen LogP contribution in [0.1, 0.15) is 30.0 Å². The van der Waals surface area contributed by atoms with Gasteiger partial charge in [-0.15, -0.1) is 0 Å². The van der Waals surface area contributed by atoms with E-state index < -0.39 is 42.1 Å². The Morgan fingerprint density at radius 1 is 1.14 bits per heavy atom. The molecule has 1 aliphatic rings. The first-order chi connectivity index (χ1) is 13.6. The SMILES string of the molecule is O=c1c(-c2cnn(CC(F)C(F)F)c2)c(C(F)(F)F)nc2ccc(C3CC3)cn12. The van der Waals surface area contributed by atoms with Crippen LogP contribution in [0.25, 0.3) is 16.8 Å². The van der Waals surface area contributed by atoms with Crippen molar-refractivity contribution in [3.8, 4) is 11.1 Å². The number of pyridine rings is 1. The molecule has 1 aliphatic carbocycles. The van der Waals surface area contributed by atoms with E-state index in [4.69, 9.17) is 0 Å². The number of nitrogens with zero attached hydrogens (tertiary/aromatic N) is 4. The van der Waals surface area contributed by atoms with Gasteiger partial charge in [-0.05, 0) is 30.4 Å². The minimum Gasteiger partial charge on any atom is -0.269 e. The van der Waals surface area contributed by atoms with Gasteiger partial charge >= 0.3 is 6.18 Å². The van der Waals surface area contributed by atoms with Gasteiger partial charge in [0.05, 0.1) is 18.3 Å². The molecule has 1 atom stereocenters. The standard InChI is InChI=1S/C18H14F6N4O/c19-12(16(20)21)8-27-6-11(5-25-27)14-15(18(22,23)24)26-13-4-3-10(9-1-2-9)7-28(13)17(14)29/h3-7,9,12,16H,1-2,8H2. The average molecular weight is 416 g/mol. The van der Waals surface area contributed by atoms with E-state index in [9.17, 15) is 31.1 Å². The second-order valence-electron chi connectivity index (χ2n) is 6.90. The molecule has 0 spiro atoms. The molecule has 1 fully saturated rings. The fourth-order valence-electron chi connectivity index (χ4n) is 3.13. The van der Waals surface area contributed by atoms with Crippen molar-refractivity contribution in [2.24, 2.45) is 0 Å². The van der Waals surface area contributed by atoms with Crippen molar-refractivity contribution in [2.75, 3.05) is 0 Å². The molecule has 0 saturated heterocycles. The first-order valence-electron chi connectivity index (χ1n) is 8.73. The molecule has 1 saturated carbocycles. The van der Waals surface area contributed by atoms with Crippen LogP contribution in [0.5, 0.6) is 0 Å². The lowest BCUT2D eigenvalue weighted by Gasteiger charge is -2.13. The maximum Gasteiger partial charge on any atom is 0.434 e. The van der Waals surface area contributed by atoms with Crippen LogP contribution in [0.15, 0.2) is 35.5 Å². The Hall–Kier alpha value is -2.85. The van der Waals surface area contributed by atoms with Gasteiger partial charge in [0.25, 0.3) is 12.0 Å². The van der Waals surface area contributed by atoms with Gasteiger partial charge in [0.1, 0.15) is 5.65 Å². The number of hydrogen-bond donors (Lipinski definition) is 0. The largest absolute Gasteiger partial charge is 0.434 e. The second kappa shape index (κ2) is 6.89. The highest BCUT2D eigenvalue weighted by atomic mass is 19.4. The Labute approximate surface area is 159 Å². The Bertz CT molecular complexity index is 1120. The summed E-state index contributed by atoms with van der Waals surface area (Å²) >= 11 is 0. The van der Waals surface area contributed by atoms with Crippen LogP contribution in [-0.2, 0) is 12.7 Å². The summed E-state index contributed by atoms with van der Waals surface area (Å²) < 4.78 is 80.5. The molecule has 1 unspecified atom stereocenters. The first-order valence-corrected chi connectivity index (χ1v) is 8.73. The number of aromatic nitrogens is 4. The summed E-state index contributed by atoms with van der Waals surface area (Å²) in [5, 5.41) is 3.62. The zero-order valence-corrected chi connectivity index (χ0v) is 14.7. The lowest BCUT2D eigenvalue weighted by Crippen LogP contribution is -2.24. The molecule has 154 valence electrons. The maximum absolute atomic E-state index is 13.6. The third kappa shape index (κ3) is 3.73. The molecule has 0 aromatic carbocycles. The number of rotatable bonds is 5. The van der Waals surface area contributed by atoms with Crippen molar-refractivity contribution < 1.29 is 26.3 Å². The molecule has 0 bridgehead atoms. The van der Waals surface area contributed by atoms with Crippen molar-refractivity contribution in [1.82, 2.24) is 19.2 Å². The van der Waals surface area contributed by atoms with Crippen molar-refractivity contribution in [3.63, 3.8) is 0 Å². The zero-order chi connectivity index (χ0) is 20.9. The minimum atomic E-state index is -4.94. The van der Waals surface area contributed by atoms with Gasteiger partial charge in [0.15, 0.2) is 11.9 Å². The molecule has 0 amide bonds. The van der Waals surface area contributed by atoms with E-state index in [2.05, 4.69) is 10.1 Å². The molecular formula is C18H14F6N4O. The van der Waals surface area contributed by atoms with Crippen molar-refractivity contribution in [3.05, 3.63) is 52.3 Å². The quantitative estimate of drug-likeness (QED) is 0.590. The number of alkyl halides is 6. The van der Waals surface area contributed by atoms with Crippen molar-refractivity contribution >= 4 is 5.65 Å². The van der Waals surface area contributed by atoms with E-state index in [0.717, 1.165) is 39.9 Å². The van der Waals surface area contributed by atoms with Crippen LogP contribution in [0.2, 0.25) is 0 Å². The summed E-state index contributed by atoms with van der Waals surface area (Å²) in [7, 11) is 0. The molecule has 4 rings (SSSR count). The highest BCUT2D eigenvalue weighted by molar-refractivity contribution is 5.66. The van der Waals surface area contributed by atoms with Crippen molar-refractivity contribution in [2.45, 2.75) is 44.1 Å². The Balaban J connectivity index is 1.86. The van der Waals surface area contributed by atoms with E-state index in [0.29, 0.717) is 0 Å². The third-order valence-electron chi connectivity index (χ3n) is 4.72. The molecule has 11 heteroatoms.